The lowest BCUT2D eigenvalue weighted by atomic mass is 10.0. The van der Waals surface area contributed by atoms with E-state index >= 15 is 0 Å². The molecule has 0 aliphatic heterocycles. The van der Waals surface area contributed by atoms with Gasteiger partial charge in [-0.3, -0.25) is 4.79 Å². The van der Waals surface area contributed by atoms with E-state index in [9.17, 15) is 27.2 Å². The molecule has 0 saturated heterocycles. The maximum atomic E-state index is 13.4. The Kier molecular flexibility index (Phi) is 5.21. The van der Waals surface area contributed by atoms with E-state index in [1.165, 1.54) is 13.0 Å². The van der Waals surface area contributed by atoms with Gasteiger partial charge in [-0.1, -0.05) is 6.07 Å². The first-order chi connectivity index (χ1) is 11.8. The minimum atomic E-state index is -4.82. The molecule has 0 bridgehead atoms. The average Bonchev–Trinajstić information content (AvgIpc) is 3.24. The number of alkyl halides is 3. The van der Waals surface area contributed by atoms with Crippen LogP contribution in [0.4, 0.5) is 22.4 Å². The number of carbonyl (C=O) groups is 2. The van der Waals surface area contributed by atoms with Gasteiger partial charge in [0.2, 0.25) is 5.91 Å². The minimum Gasteiger partial charge on any atom is -0.447 e. The molecule has 1 fully saturated rings. The number of hydrogen-bond donors (Lipinski definition) is 2. The van der Waals surface area contributed by atoms with Crippen LogP contribution < -0.4 is 10.6 Å². The molecule has 0 spiro atoms. The standard InChI is InChI=1S/C17H20F4N2O3/c1-10(24)22-15(2,3)9-26-14(25)23-16(6-7-16)11-4-5-13(18)12(8-11)17(19,20)21/h4-5,8H,6-7,9H2,1-3H3,(H,22,24)(H,23,25). The van der Waals surface area contributed by atoms with Crippen molar-refractivity contribution in [2.75, 3.05) is 6.61 Å². The number of halogens is 4. The molecule has 9 heteroatoms. The number of benzene rings is 1. The van der Waals surface area contributed by atoms with Crippen LogP contribution in [-0.4, -0.2) is 24.1 Å². The second-order valence-electron chi connectivity index (χ2n) is 7.04. The topological polar surface area (TPSA) is 67.4 Å². The summed E-state index contributed by atoms with van der Waals surface area (Å²) >= 11 is 0. The third kappa shape index (κ3) is 4.86. The Bertz CT molecular complexity index is 712. The molecule has 0 atom stereocenters. The van der Waals surface area contributed by atoms with E-state index in [4.69, 9.17) is 4.74 Å². The van der Waals surface area contributed by atoms with Gasteiger partial charge in [0.25, 0.3) is 0 Å². The quantitative estimate of drug-likeness (QED) is 0.774. The van der Waals surface area contributed by atoms with Gasteiger partial charge >= 0.3 is 12.3 Å². The summed E-state index contributed by atoms with van der Waals surface area (Å²) in [6.45, 7) is 4.52. The second kappa shape index (κ2) is 6.77. The van der Waals surface area contributed by atoms with Crippen molar-refractivity contribution in [1.82, 2.24) is 10.6 Å². The summed E-state index contributed by atoms with van der Waals surface area (Å²) in [5.74, 6) is -1.65. The van der Waals surface area contributed by atoms with Gasteiger partial charge in [0.1, 0.15) is 12.4 Å². The predicted molar refractivity (Wildman–Crippen MR) is 84.7 cm³/mol. The molecule has 2 rings (SSSR count). The Labute approximate surface area is 148 Å². The fraction of sp³-hybridized carbons (Fsp3) is 0.529. The predicted octanol–water partition coefficient (Wildman–Crippen LogP) is 3.47. The average molecular weight is 376 g/mol. The number of nitrogens with one attached hydrogen (secondary N) is 2. The Morgan fingerprint density at radius 2 is 1.85 bits per heavy atom. The van der Waals surface area contributed by atoms with Crippen LogP contribution in [0.15, 0.2) is 18.2 Å². The molecule has 0 unspecified atom stereocenters. The molecule has 0 heterocycles. The van der Waals surface area contributed by atoms with Crippen LogP contribution in [0.1, 0.15) is 44.7 Å². The molecule has 0 radical (unpaired) electrons. The van der Waals surface area contributed by atoms with Crippen molar-refractivity contribution >= 4 is 12.0 Å². The molecule has 1 aromatic rings. The van der Waals surface area contributed by atoms with E-state index in [2.05, 4.69) is 10.6 Å². The van der Waals surface area contributed by atoms with Crippen LogP contribution in [0.5, 0.6) is 0 Å². The normalized spacial score (nSPS) is 16.0. The highest BCUT2D eigenvalue weighted by Gasteiger charge is 2.47. The van der Waals surface area contributed by atoms with Gasteiger partial charge < -0.3 is 15.4 Å². The Morgan fingerprint density at radius 1 is 1.23 bits per heavy atom. The summed E-state index contributed by atoms with van der Waals surface area (Å²) in [4.78, 5) is 23.1. The van der Waals surface area contributed by atoms with Crippen molar-refractivity contribution in [2.45, 2.75) is 50.9 Å². The van der Waals surface area contributed by atoms with Crippen molar-refractivity contribution in [1.29, 1.82) is 0 Å². The number of hydrogen-bond acceptors (Lipinski definition) is 3. The molecule has 5 nitrogen and oxygen atoms in total. The molecule has 26 heavy (non-hydrogen) atoms. The molecular formula is C17H20F4N2O3. The Balaban J connectivity index is 2.06. The van der Waals surface area contributed by atoms with Gasteiger partial charge in [-0.15, -0.1) is 0 Å². The second-order valence-corrected chi connectivity index (χ2v) is 7.04. The van der Waals surface area contributed by atoms with E-state index in [0.717, 1.165) is 6.07 Å². The van der Waals surface area contributed by atoms with E-state index in [-0.39, 0.29) is 18.1 Å². The first kappa shape index (κ1) is 20.0. The van der Waals surface area contributed by atoms with Gasteiger partial charge in [0.15, 0.2) is 0 Å². The number of alkyl carbamates (subject to hydrolysis) is 1. The molecule has 144 valence electrons. The molecule has 0 aromatic heterocycles. The van der Waals surface area contributed by atoms with Crippen molar-refractivity contribution in [2.24, 2.45) is 0 Å². The van der Waals surface area contributed by atoms with Crippen LogP contribution in [0, 0.1) is 5.82 Å². The van der Waals surface area contributed by atoms with Crippen molar-refractivity contribution < 1.29 is 31.9 Å². The van der Waals surface area contributed by atoms with Crippen molar-refractivity contribution in [3.63, 3.8) is 0 Å². The van der Waals surface area contributed by atoms with Gasteiger partial charge in [-0.25, -0.2) is 9.18 Å². The lowest BCUT2D eigenvalue weighted by Crippen LogP contribution is -2.47. The Morgan fingerprint density at radius 3 is 2.35 bits per heavy atom. The summed E-state index contributed by atoms with van der Waals surface area (Å²) in [5.41, 5.74) is -2.99. The van der Waals surface area contributed by atoms with Gasteiger partial charge in [-0.05, 0) is 44.4 Å². The lowest BCUT2D eigenvalue weighted by molar-refractivity contribution is -0.140. The first-order valence-electron chi connectivity index (χ1n) is 7.96. The zero-order valence-electron chi connectivity index (χ0n) is 14.6. The molecule has 1 aliphatic rings. The summed E-state index contributed by atoms with van der Waals surface area (Å²) in [6.07, 6.45) is -4.81. The summed E-state index contributed by atoms with van der Waals surface area (Å²) in [5, 5.41) is 5.15. The largest absolute Gasteiger partial charge is 0.447 e. The van der Waals surface area contributed by atoms with Gasteiger partial charge in [0, 0.05) is 6.92 Å². The van der Waals surface area contributed by atoms with E-state index in [1.807, 2.05) is 0 Å². The van der Waals surface area contributed by atoms with Gasteiger partial charge in [-0.2, -0.15) is 13.2 Å². The Hall–Kier alpha value is -2.32. The monoisotopic (exact) mass is 376 g/mol. The molecular weight excluding hydrogens is 356 g/mol. The maximum Gasteiger partial charge on any atom is 0.419 e. The highest BCUT2D eigenvalue weighted by Crippen LogP contribution is 2.47. The zero-order valence-corrected chi connectivity index (χ0v) is 14.6. The summed E-state index contributed by atoms with van der Waals surface area (Å²) < 4.78 is 57.1. The van der Waals surface area contributed by atoms with E-state index in [0.29, 0.717) is 18.9 Å². The van der Waals surface area contributed by atoms with Crippen LogP contribution >= 0.6 is 0 Å². The van der Waals surface area contributed by atoms with Crippen LogP contribution in [-0.2, 0) is 21.2 Å². The molecule has 2 N–H and O–H groups in total. The molecule has 1 saturated carbocycles. The van der Waals surface area contributed by atoms with E-state index < -0.39 is 34.7 Å². The number of carbonyl (C=O) groups excluding carboxylic acids is 2. The van der Waals surface area contributed by atoms with Crippen LogP contribution in [0.25, 0.3) is 0 Å². The number of amides is 2. The number of rotatable bonds is 5. The minimum absolute atomic E-state index is 0.119. The van der Waals surface area contributed by atoms with Gasteiger partial charge in [0.05, 0.1) is 16.6 Å². The maximum absolute atomic E-state index is 13.4. The zero-order chi connectivity index (χ0) is 19.8. The van der Waals surface area contributed by atoms with Crippen molar-refractivity contribution in [3.8, 4) is 0 Å². The van der Waals surface area contributed by atoms with Crippen molar-refractivity contribution in [3.05, 3.63) is 35.1 Å². The van der Waals surface area contributed by atoms with Crippen LogP contribution in [0.3, 0.4) is 0 Å². The highest BCUT2D eigenvalue weighted by molar-refractivity contribution is 5.74. The fourth-order valence-electron chi connectivity index (χ4n) is 2.64. The van der Waals surface area contributed by atoms with E-state index in [1.54, 1.807) is 13.8 Å². The molecule has 2 amide bonds. The summed E-state index contributed by atoms with van der Waals surface area (Å²) in [6, 6.07) is 2.67. The third-order valence-corrected chi connectivity index (χ3v) is 3.99. The summed E-state index contributed by atoms with van der Waals surface area (Å²) in [7, 11) is 0. The highest BCUT2D eigenvalue weighted by atomic mass is 19.4. The smallest absolute Gasteiger partial charge is 0.419 e. The third-order valence-electron chi connectivity index (χ3n) is 3.99. The molecule has 1 aliphatic carbocycles. The molecule has 1 aromatic carbocycles. The van der Waals surface area contributed by atoms with Crippen LogP contribution in [0.2, 0.25) is 0 Å². The fourth-order valence-corrected chi connectivity index (χ4v) is 2.64. The SMILES string of the molecule is CC(=O)NC(C)(C)COC(=O)NC1(c2ccc(F)c(C(F)(F)F)c2)CC1. The lowest BCUT2D eigenvalue weighted by Gasteiger charge is -2.26. The first-order valence-corrected chi connectivity index (χ1v) is 7.96. The number of ether oxygens (including phenoxy) is 1.